The second-order valence-electron chi connectivity index (χ2n) is 10.4. The highest BCUT2D eigenvalue weighted by Crippen LogP contribution is 2.62. The Morgan fingerprint density at radius 3 is 2.33 bits per heavy atom. The maximum atomic E-state index is 13.7. The number of fused-ring (bicyclic) bond motifs is 5. The number of carbonyl (C=O) groups is 2. The minimum atomic E-state index is -1.60. The SMILES string of the molecule is CC(=O)O[C@@]12CO[C@@H]1C[C@H](O)[C@@]1(C)C(=O)[C@H](O)C3=C(C)[C@@H](O)C[C@@](O)(C[C@H]21)C3(C)C. The standard InChI is InChI=1S/C22H32O8/c1-10-12(24)7-21(28)8-13-20(5,18(27)17(26)16(10)19(21,3)4)14(25)6-15-22(13,9-29-15)30-11(2)23/h12-15,17,24-26,28H,6-9H2,1-5H3/t12-,13-,14-,15+,17+,20-,21+,22+/m0/s1. The molecular weight excluding hydrogens is 392 g/mol. The molecule has 3 aliphatic carbocycles. The summed E-state index contributed by atoms with van der Waals surface area (Å²) in [5.74, 6) is -1.92. The van der Waals surface area contributed by atoms with Gasteiger partial charge in [-0.25, -0.2) is 0 Å². The molecule has 0 aromatic carbocycles. The van der Waals surface area contributed by atoms with E-state index in [0.717, 1.165) is 0 Å². The van der Waals surface area contributed by atoms with Crippen LogP contribution in [0.25, 0.3) is 0 Å². The Balaban J connectivity index is 1.96. The quantitative estimate of drug-likeness (QED) is 0.348. The van der Waals surface area contributed by atoms with Crippen LogP contribution in [0.1, 0.15) is 53.9 Å². The van der Waals surface area contributed by atoms with Crippen LogP contribution in [0.4, 0.5) is 0 Å². The molecule has 8 nitrogen and oxygen atoms in total. The van der Waals surface area contributed by atoms with Gasteiger partial charge in [-0.2, -0.15) is 0 Å². The first-order valence-corrected chi connectivity index (χ1v) is 10.6. The molecule has 30 heavy (non-hydrogen) atoms. The molecule has 1 aliphatic heterocycles. The van der Waals surface area contributed by atoms with E-state index >= 15 is 0 Å². The Labute approximate surface area is 175 Å². The number of ketones is 1. The van der Waals surface area contributed by atoms with E-state index in [2.05, 4.69) is 0 Å². The second-order valence-corrected chi connectivity index (χ2v) is 10.4. The third-order valence-electron chi connectivity index (χ3n) is 8.72. The minimum absolute atomic E-state index is 0.00694. The molecule has 2 saturated carbocycles. The van der Waals surface area contributed by atoms with E-state index in [1.54, 1.807) is 27.7 Å². The highest BCUT2D eigenvalue weighted by atomic mass is 16.6. The molecule has 0 unspecified atom stereocenters. The van der Waals surface area contributed by atoms with Crippen LogP contribution in [0.5, 0.6) is 0 Å². The van der Waals surface area contributed by atoms with Gasteiger partial charge in [-0.05, 0) is 31.4 Å². The van der Waals surface area contributed by atoms with Gasteiger partial charge in [0.05, 0.1) is 29.8 Å². The molecule has 4 aliphatic rings. The summed E-state index contributed by atoms with van der Waals surface area (Å²) < 4.78 is 11.4. The molecule has 8 heteroatoms. The number of rotatable bonds is 1. The van der Waals surface area contributed by atoms with Crippen molar-refractivity contribution in [1.82, 2.24) is 0 Å². The fourth-order valence-corrected chi connectivity index (χ4v) is 6.61. The van der Waals surface area contributed by atoms with Crippen LogP contribution in [0.2, 0.25) is 0 Å². The molecule has 0 amide bonds. The molecule has 0 spiro atoms. The van der Waals surface area contributed by atoms with E-state index in [4.69, 9.17) is 9.47 Å². The first kappa shape index (κ1) is 21.9. The van der Waals surface area contributed by atoms with Gasteiger partial charge in [0, 0.05) is 31.1 Å². The summed E-state index contributed by atoms with van der Waals surface area (Å²) in [7, 11) is 0. The normalized spacial score (nSPS) is 49.9. The van der Waals surface area contributed by atoms with E-state index in [1.807, 2.05) is 0 Å². The van der Waals surface area contributed by atoms with Gasteiger partial charge in [-0.3, -0.25) is 9.59 Å². The average Bonchev–Trinajstić information content (AvgIpc) is 2.63. The summed E-state index contributed by atoms with van der Waals surface area (Å²) in [6, 6.07) is 0. The number of hydrogen-bond acceptors (Lipinski definition) is 8. The van der Waals surface area contributed by atoms with E-state index < -0.39 is 64.1 Å². The van der Waals surface area contributed by atoms with E-state index in [0.29, 0.717) is 11.1 Å². The van der Waals surface area contributed by atoms with Gasteiger partial charge < -0.3 is 29.9 Å². The van der Waals surface area contributed by atoms with Crippen LogP contribution >= 0.6 is 0 Å². The fraction of sp³-hybridized carbons (Fsp3) is 0.818. The molecule has 0 aromatic heterocycles. The summed E-state index contributed by atoms with van der Waals surface area (Å²) >= 11 is 0. The summed E-state index contributed by atoms with van der Waals surface area (Å²) in [6.45, 7) is 8.07. The van der Waals surface area contributed by atoms with Crippen molar-refractivity contribution in [1.29, 1.82) is 0 Å². The number of ether oxygens (including phenoxy) is 2. The minimum Gasteiger partial charge on any atom is -0.454 e. The Hall–Kier alpha value is -1.32. The zero-order chi connectivity index (χ0) is 22.4. The number of carbonyl (C=O) groups excluding carboxylic acids is 2. The van der Waals surface area contributed by atoms with Gasteiger partial charge in [0.2, 0.25) is 0 Å². The Kier molecular flexibility index (Phi) is 4.64. The summed E-state index contributed by atoms with van der Waals surface area (Å²) in [5.41, 5.74) is -4.40. The van der Waals surface area contributed by atoms with E-state index in [9.17, 15) is 30.0 Å². The summed E-state index contributed by atoms with van der Waals surface area (Å²) in [6.07, 6.45) is -4.26. The maximum absolute atomic E-state index is 13.7. The number of aliphatic hydroxyl groups is 4. The van der Waals surface area contributed by atoms with Gasteiger partial charge in [-0.15, -0.1) is 0 Å². The lowest BCUT2D eigenvalue weighted by Crippen LogP contribution is -2.77. The number of esters is 1. The Morgan fingerprint density at radius 2 is 1.80 bits per heavy atom. The van der Waals surface area contributed by atoms with Crippen LogP contribution in [0.15, 0.2) is 11.1 Å². The molecule has 8 atom stereocenters. The topological polar surface area (TPSA) is 134 Å². The lowest BCUT2D eigenvalue weighted by Gasteiger charge is -2.65. The number of aliphatic hydroxyl groups excluding tert-OH is 3. The molecule has 3 fully saturated rings. The average molecular weight is 424 g/mol. The predicted molar refractivity (Wildman–Crippen MR) is 104 cm³/mol. The van der Waals surface area contributed by atoms with Crippen molar-refractivity contribution in [3.05, 3.63) is 11.1 Å². The van der Waals surface area contributed by atoms with Crippen molar-refractivity contribution in [2.75, 3.05) is 6.61 Å². The lowest BCUT2D eigenvalue weighted by molar-refractivity contribution is -0.327. The van der Waals surface area contributed by atoms with Crippen molar-refractivity contribution in [2.24, 2.45) is 16.7 Å². The van der Waals surface area contributed by atoms with Gasteiger partial charge in [-0.1, -0.05) is 13.8 Å². The molecule has 2 bridgehead atoms. The molecular formula is C22H32O8. The third kappa shape index (κ3) is 2.45. The van der Waals surface area contributed by atoms with Gasteiger partial charge in [0.1, 0.15) is 12.2 Å². The van der Waals surface area contributed by atoms with Gasteiger partial charge >= 0.3 is 5.97 Å². The summed E-state index contributed by atoms with van der Waals surface area (Å²) in [5, 5.41) is 44.8. The molecule has 1 saturated heterocycles. The van der Waals surface area contributed by atoms with Crippen molar-refractivity contribution in [3.8, 4) is 0 Å². The van der Waals surface area contributed by atoms with Crippen LogP contribution in [0, 0.1) is 16.7 Å². The van der Waals surface area contributed by atoms with Crippen molar-refractivity contribution >= 4 is 11.8 Å². The van der Waals surface area contributed by atoms with Gasteiger partial charge in [0.15, 0.2) is 11.4 Å². The van der Waals surface area contributed by atoms with E-state index in [-0.39, 0.29) is 25.9 Å². The van der Waals surface area contributed by atoms with Crippen LogP contribution in [-0.4, -0.2) is 74.4 Å². The molecule has 0 aromatic rings. The third-order valence-corrected chi connectivity index (χ3v) is 8.72. The molecule has 168 valence electrons. The summed E-state index contributed by atoms with van der Waals surface area (Å²) in [4.78, 5) is 25.7. The second kappa shape index (κ2) is 6.36. The molecule has 0 radical (unpaired) electrons. The molecule has 4 N–H and O–H groups in total. The zero-order valence-electron chi connectivity index (χ0n) is 18.1. The number of Topliss-reactive ketones (excluding diaryl/α,β-unsaturated/α-hetero) is 1. The van der Waals surface area contributed by atoms with Crippen LogP contribution in [-0.2, 0) is 19.1 Å². The first-order chi connectivity index (χ1) is 13.7. The largest absolute Gasteiger partial charge is 0.454 e. The fourth-order valence-electron chi connectivity index (χ4n) is 6.61. The number of hydrogen-bond donors (Lipinski definition) is 4. The predicted octanol–water partition coefficient (Wildman–Crippen LogP) is 0.246. The monoisotopic (exact) mass is 424 g/mol. The van der Waals surface area contributed by atoms with Crippen molar-refractivity contribution < 1.29 is 39.5 Å². The Bertz CT molecular complexity index is 833. The van der Waals surface area contributed by atoms with Crippen LogP contribution in [0.3, 0.4) is 0 Å². The zero-order valence-corrected chi connectivity index (χ0v) is 18.1. The highest BCUT2D eigenvalue weighted by molar-refractivity contribution is 5.93. The van der Waals surface area contributed by atoms with E-state index in [1.165, 1.54) is 6.92 Å². The van der Waals surface area contributed by atoms with Gasteiger partial charge in [0.25, 0.3) is 0 Å². The highest BCUT2D eigenvalue weighted by Gasteiger charge is 2.73. The smallest absolute Gasteiger partial charge is 0.303 e. The van der Waals surface area contributed by atoms with Crippen LogP contribution < -0.4 is 0 Å². The molecule has 4 rings (SSSR count). The first-order valence-electron chi connectivity index (χ1n) is 10.6. The van der Waals surface area contributed by atoms with Crippen molar-refractivity contribution in [2.45, 2.75) is 89.5 Å². The molecule has 1 heterocycles. The van der Waals surface area contributed by atoms with Crippen molar-refractivity contribution in [3.63, 3.8) is 0 Å². The maximum Gasteiger partial charge on any atom is 0.303 e. The lowest BCUT2D eigenvalue weighted by atomic mass is 9.46. The Morgan fingerprint density at radius 1 is 1.17 bits per heavy atom.